The lowest BCUT2D eigenvalue weighted by atomic mass is 10.1. The molecule has 12 nitrogen and oxygen atoms in total. The van der Waals surface area contributed by atoms with Gasteiger partial charge in [0.15, 0.2) is 5.25 Å². The van der Waals surface area contributed by atoms with Crippen molar-refractivity contribution in [2.45, 2.75) is 24.5 Å². The van der Waals surface area contributed by atoms with E-state index in [4.69, 9.17) is 0 Å². The number of likely N-dealkylation sites (N-methyl/N-ethyl adjacent to an activating group) is 1. The molecule has 0 aromatic heterocycles. The molecule has 1 atom stereocenters. The van der Waals surface area contributed by atoms with Crippen LogP contribution in [0.15, 0.2) is 22.8 Å². The zero-order chi connectivity index (χ0) is 23.6. The van der Waals surface area contributed by atoms with Crippen LogP contribution in [0.4, 0.5) is 0 Å². The summed E-state index contributed by atoms with van der Waals surface area (Å²) in [6.07, 6.45) is 2.23. The van der Waals surface area contributed by atoms with Crippen molar-refractivity contribution in [3.05, 3.63) is 22.8 Å². The molecule has 0 spiro atoms. The van der Waals surface area contributed by atoms with Crippen LogP contribution < -0.4 is 5.11 Å². The summed E-state index contributed by atoms with van der Waals surface area (Å²) in [7, 11) is 0.0749. The molecule has 0 saturated carbocycles. The Labute approximate surface area is 186 Å². The first-order valence-corrected chi connectivity index (χ1v) is 12.7. The number of carbonyl (C=O) groups excluding carboxylic acids is 4. The van der Waals surface area contributed by atoms with E-state index in [1.807, 2.05) is 0 Å². The molecule has 2 rings (SSSR count). The van der Waals surface area contributed by atoms with Crippen LogP contribution in [0.1, 0.15) is 19.3 Å². The lowest BCUT2D eigenvalue weighted by molar-refractivity contribution is -1.01. The molecule has 3 amide bonds. The van der Waals surface area contributed by atoms with Gasteiger partial charge in [-0.25, -0.2) is 10.0 Å². The first kappa shape index (κ1) is 25.4. The van der Waals surface area contributed by atoms with Gasteiger partial charge in [0.2, 0.25) is 5.91 Å². The number of amides is 3. The summed E-state index contributed by atoms with van der Waals surface area (Å²) in [4.78, 5) is 48.2. The Morgan fingerprint density at radius 1 is 1.32 bits per heavy atom. The third-order valence-corrected chi connectivity index (χ3v) is 7.84. The molecule has 0 aromatic carbocycles. The molecule has 2 aliphatic rings. The van der Waals surface area contributed by atoms with Crippen LogP contribution in [0.2, 0.25) is 0 Å². The monoisotopic (exact) mass is 495 g/mol. The summed E-state index contributed by atoms with van der Waals surface area (Å²) in [5, 5.41) is 20.2. The molecule has 1 unspecified atom stereocenters. The summed E-state index contributed by atoms with van der Waals surface area (Å²) in [5.41, 5.74) is 0.0586. The topological polar surface area (TPSA) is 172 Å². The second-order valence-corrected chi connectivity index (χ2v) is 11.1. The first-order chi connectivity index (χ1) is 14.2. The highest BCUT2D eigenvalue weighted by atomic mass is 33.1. The van der Waals surface area contributed by atoms with Gasteiger partial charge in [0, 0.05) is 22.8 Å². The van der Waals surface area contributed by atoms with Gasteiger partial charge in [0.1, 0.15) is 14.1 Å². The molecule has 2 aliphatic heterocycles. The van der Waals surface area contributed by atoms with Gasteiger partial charge in [-0.05, 0) is 18.9 Å². The van der Waals surface area contributed by atoms with E-state index in [-0.39, 0.29) is 18.5 Å². The zero-order valence-corrected chi connectivity index (χ0v) is 19.0. The smallest absolute Gasteiger partial charge is 0.376 e. The summed E-state index contributed by atoms with van der Waals surface area (Å²) in [6.45, 7) is -0.310. The van der Waals surface area contributed by atoms with E-state index in [0.29, 0.717) is 22.1 Å². The second-order valence-electron chi connectivity index (χ2n) is 7.09. The van der Waals surface area contributed by atoms with E-state index in [0.717, 1.165) is 15.8 Å². The minimum Gasteiger partial charge on any atom is -0.550 e. The lowest BCUT2D eigenvalue weighted by Gasteiger charge is -2.33. The Balaban J connectivity index is 2.22. The third-order valence-electron chi connectivity index (χ3n) is 4.22. The van der Waals surface area contributed by atoms with Crippen molar-refractivity contribution in [2.75, 3.05) is 26.4 Å². The number of allylic oxidation sites excluding steroid dienone is 1. The molecule has 172 valence electrons. The van der Waals surface area contributed by atoms with Crippen molar-refractivity contribution in [3.63, 3.8) is 0 Å². The summed E-state index contributed by atoms with van der Waals surface area (Å²) in [6, 6.07) is 0. The van der Waals surface area contributed by atoms with Crippen LogP contribution in [0.5, 0.6) is 0 Å². The van der Waals surface area contributed by atoms with Crippen LogP contribution in [0.3, 0.4) is 0 Å². The van der Waals surface area contributed by atoms with E-state index in [9.17, 15) is 42.5 Å². The molecular formula is C16H21N3O9S3. The van der Waals surface area contributed by atoms with Crippen molar-refractivity contribution in [1.82, 2.24) is 10.0 Å². The number of hydroxylamine groups is 3. The van der Waals surface area contributed by atoms with Crippen LogP contribution in [-0.4, -0.2) is 88.2 Å². The maximum Gasteiger partial charge on any atom is 0.376 e. The normalized spacial score (nSPS) is 20.1. The van der Waals surface area contributed by atoms with E-state index in [1.54, 1.807) is 0 Å². The third kappa shape index (κ3) is 6.30. The van der Waals surface area contributed by atoms with Crippen molar-refractivity contribution in [2.24, 2.45) is 0 Å². The molecule has 1 saturated heterocycles. The fourth-order valence-corrected chi connectivity index (χ4v) is 5.74. The average Bonchev–Trinajstić information content (AvgIpc) is 2.94. The van der Waals surface area contributed by atoms with Crippen molar-refractivity contribution in [3.8, 4) is 0 Å². The SMILES string of the molecule is C[N+](C)(O)C(=O)C1=C(SSCCCC(=O)[O-])C=CN(N2C(=O)CC(S(=O)(=O)O)C2=O)C1. The van der Waals surface area contributed by atoms with Crippen LogP contribution >= 0.6 is 21.6 Å². The number of quaternary nitrogens is 1. The van der Waals surface area contributed by atoms with Gasteiger partial charge in [-0.1, -0.05) is 21.6 Å². The molecule has 0 aromatic rings. The predicted octanol–water partition coefficient (Wildman–Crippen LogP) is -1.10. The number of aliphatic carboxylic acids is 1. The first-order valence-electron chi connectivity index (χ1n) is 8.85. The molecule has 1 fully saturated rings. The average molecular weight is 496 g/mol. The zero-order valence-electron chi connectivity index (χ0n) is 16.6. The number of hydrogen-bond acceptors (Lipinski definition) is 11. The second kappa shape index (κ2) is 9.70. The highest BCUT2D eigenvalue weighted by molar-refractivity contribution is 8.78. The fraction of sp³-hybridized carbons (Fsp3) is 0.500. The van der Waals surface area contributed by atoms with Crippen LogP contribution in [0.25, 0.3) is 0 Å². The van der Waals surface area contributed by atoms with Crippen LogP contribution in [0, 0.1) is 0 Å². The van der Waals surface area contributed by atoms with Gasteiger partial charge < -0.3 is 9.90 Å². The Kier molecular flexibility index (Phi) is 7.94. The minimum atomic E-state index is -4.78. The van der Waals surface area contributed by atoms with Crippen LogP contribution in [-0.2, 0) is 29.3 Å². The van der Waals surface area contributed by atoms with Gasteiger partial charge in [0.05, 0.1) is 18.5 Å². The Morgan fingerprint density at radius 3 is 2.48 bits per heavy atom. The quantitative estimate of drug-likeness (QED) is 0.0753. The highest BCUT2D eigenvalue weighted by Crippen LogP contribution is 2.37. The standard InChI is InChI=1S/C16H21N3O9S3/c1-19(2,25)16(24)10-9-17(6-5-11(10)30-29-7-3-4-14(21)22)18-13(20)8-12(15(18)23)31(26,27)28/h5-6,12,25H,3-4,7-9H2,1-2H3,(H-,21,22,26,27,28). The lowest BCUT2D eigenvalue weighted by Crippen LogP contribution is -2.50. The molecule has 0 radical (unpaired) electrons. The predicted molar refractivity (Wildman–Crippen MR) is 108 cm³/mol. The Hall–Kier alpha value is -1.91. The van der Waals surface area contributed by atoms with Crippen molar-refractivity contribution >= 4 is 55.4 Å². The maximum atomic E-state index is 12.7. The Bertz CT molecular complexity index is 953. The number of hydrazine groups is 1. The largest absolute Gasteiger partial charge is 0.550 e. The van der Waals surface area contributed by atoms with E-state index < -0.39 is 50.1 Å². The molecule has 15 heteroatoms. The number of rotatable bonds is 9. The minimum absolute atomic E-state index is 0.0586. The molecule has 0 bridgehead atoms. The number of hydrogen-bond donors (Lipinski definition) is 2. The number of carbonyl (C=O) groups is 4. The molecule has 2 N–H and O–H groups in total. The van der Waals surface area contributed by atoms with Crippen molar-refractivity contribution in [1.29, 1.82) is 0 Å². The van der Waals surface area contributed by atoms with Gasteiger partial charge in [-0.15, -0.1) is 4.65 Å². The van der Waals surface area contributed by atoms with Gasteiger partial charge >= 0.3 is 5.91 Å². The number of carboxylic acids is 1. The maximum absolute atomic E-state index is 12.7. The van der Waals surface area contributed by atoms with Crippen molar-refractivity contribution < 1.29 is 47.1 Å². The van der Waals surface area contributed by atoms with E-state index >= 15 is 0 Å². The highest BCUT2D eigenvalue weighted by Gasteiger charge is 2.49. The van der Waals surface area contributed by atoms with Gasteiger partial charge in [-0.3, -0.25) is 19.2 Å². The number of imide groups is 1. The summed E-state index contributed by atoms with van der Waals surface area (Å²) >= 11 is 0. The number of nitrogens with zero attached hydrogens (tertiary/aromatic N) is 3. The molecule has 2 heterocycles. The molecule has 31 heavy (non-hydrogen) atoms. The van der Waals surface area contributed by atoms with Gasteiger partial charge in [-0.2, -0.15) is 13.4 Å². The summed E-state index contributed by atoms with van der Waals surface area (Å²) in [5.74, 6) is -3.46. The van der Waals surface area contributed by atoms with E-state index in [2.05, 4.69) is 0 Å². The van der Waals surface area contributed by atoms with E-state index in [1.165, 1.54) is 37.2 Å². The molecular weight excluding hydrogens is 474 g/mol. The molecule has 0 aliphatic carbocycles. The van der Waals surface area contributed by atoms with Gasteiger partial charge in [0.25, 0.3) is 16.0 Å². The Morgan fingerprint density at radius 2 is 1.97 bits per heavy atom. The fourth-order valence-electron chi connectivity index (χ4n) is 2.74. The number of carboxylic acid groups (broad SMARTS) is 1. The summed E-state index contributed by atoms with van der Waals surface area (Å²) < 4.78 is 30.8.